The molecule has 4 N–H and O–H groups in total. The van der Waals surface area contributed by atoms with E-state index in [2.05, 4.69) is 6.92 Å². The first-order chi connectivity index (χ1) is 16.5. The third kappa shape index (κ3) is 14.0. The Morgan fingerprint density at radius 1 is 0.765 bits per heavy atom. The van der Waals surface area contributed by atoms with Crippen LogP contribution in [0.5, 0.6) is 0 Å². The molecule has 1 saturated heterocycles. The molecule has 1 aliphatic rings. The summed E-state index contributed by atoms with van der Waals surface area (Å²) in [5.74, 6) is 0.512. The van der Waals surface area contributed by atoms with E-state index in [1.165, 1.54) is 95.2 Å². The number of unbranched alkanes of at least 4 members (excludes halogenated alkanes) is 13. The fourth-order valence-corrected chi connectivity index (χ4v) is 5.42. The Balaban J connectivity index is 1.97. The summed E-state index contributed by atoms with van der Waals surface area (Å²) in [6.45, 7) is 3.02. The van der Waals surface area contributed by atoms with E-state index in [4.69, 9.17) is 14.2 Å². The lowest BCUT2D eigenvalue weighted by atomic mass is 10.0. The predicted molar refractivity (Wildman–Crippen MR) is 138 cm³/mol. The Morgan fingerprint density at radius 3 is 1.79 bits per heavy atom. The van der Waals surface area contributed by atoms with Gasteiger partial charge in [0.2, 0.25) is 0 Å². The number of aliphatic hydroxyl groups is 4. The van der Waals surface area contributed by atoms with Gasteiger partial charge in [0.05, 0.1) is 19.3 Å². The van der Waals surface area contributed by atoms with Crippen LogP contribution in [0, 0.1) is 0 Å². The van der Waals surface area contributed by atoms with E-state index < -0.39 is 36.5 Å². The SMILES string of the molecule is CCCCCCCCCCCCCCCCOC[C@H](CS[C@H]1O[C@H](CO)[C@@H](O)[C@H](O)[C@H]1O)OC. The van der Waals surface area contributed by atoms with Crippen molar-refractivity contribution in [3.05, 3.63) is 0 Å². The third-order valence-electron chi connectivity index (χ3n) is 6.57. The zero-order valence-electron chi connectivity index (χ0n) is 21.6. The molecule has 0 aromatic rings. The molecule has 7 nitrogen and oxygen atoms in total. The topological polar surface area (TPSA) is 109 Å². The molecule has 1 heterocycles. The molecule has 0 amide bonds. The molecule has 34 heavy (non-hydrogen) atoms. The molecule has 0 spiro atoms. The Morgan fingerprint density at radius 2 is 1.29 bits per heavy atom. The molecule has 0 unspecified atom stereocenters. The van der Waals surface area contributed by atoms with Crippen LogP contribution >= 0.6 is 11.8 Å². The van der Waals surface area contributed by atoms with E-state index in [0.717, 1.165) is 6.42 Å². The van der Waals surface area contributed by atoms with Gasteiger partial charge in [-0.05, 0) is 6.42 Å². The second-order valence-corrected chi connectivity index (χ2v) is 10.7. The molecular weight excluding hydrogens is 456 g/mol. The van der Waals surface area contributed by atoms with Crippen LogP contribution in [-0.4, -0.2) is 89.1 Å². The lowest BCUT2D eigenvalue weighted by molar-refractivity contribution is -0.205. The van der Waals surface area contributed by atoms with Crippen molar-refractivity contribution in [3.63, 3.8) is 0 Å². The zero-order chi connectivity index (χ0) is 25.0. The van der Waals surface area contributed by atoms with Crippen molar-refractivity contribution in [2.75, 3.05) is 32.7 Å². The second kappa shape index (κ2) is 21.2. The summed E-state index contributed by atoms with van der Waals surface area (Å²) in [4.78, 5) is 0. The molecule has 204 valence electrons. The van der Waals surface area contributed by atoms with E-state index in [-0.39, 0.29) is 6.10 Å². The molecular formula is C26H52O7S. The summed E-state index contributed by atoms with van der Waals surface area (Å²) in [5, 5.41) is 39.2. The van der Waals surface area contributed by atoms with Crippen LogP contribution in [0.4, 0.5) is 0 Å². The fraction of sp³-hybridized carbons (Fsp3) is 1.00. The number of ether oxygens (including phenoxy) is 3. The van der Waals surface area contributed by atoms with Crippen LogP contribution in [0.25, 0.3) is 0 Å². The first-order valence-corrected chi connectivity index (χ1v) is 14.6. The molecule has 1 rings (SSSR count). The highest BCUT2D eigenvalue weighted by atomic mass is 32.2. The minimum Gasteiger partial charge on any atom is -0.394 e. The van der Waals surface area contributed by atoms with Crippen molar-refractivity contribution in [3.8, 4) is 0 Å². The number of methoxy groups -OCH3 is 1. The van der Waals surface area contributed by atoms with Gasteiger partial charge in [0.25, 0.3) is 0 Å². The van der Waals surface area contributed by atoms with Gasteiger partial charge in [-0.1, -0.05) is 90.4 Å². The predicted octanol–water partition coefficient (Wildman–Crippen LogP) is 4.03. The quantitative estimate of drug-likeness (QED) is 0.162. The van der Waals surface area contributed by atoms with Gasteiger partial charge >= 0.3 is 0 Å². The summed E-state index contributed by atoms with van der Waals surface area (Å²) in [7, 11) is 1.62. The average molecular weight is 509 g/mol. The lowest BCUT2D eigenvalue weighted by Gasteiger charge is -2.39. The van der Waals surface area contributed by atoms with Gasteiger partial charge in [-0.3, -0.25) is 0 Å². The van der Waals surface area contributed by atoms with Crippen LogP contribution in [0.2, 0.25) is 0 Å². The third-order valence-corrected chi connectivity index (χ3v) is 7.86. The highest BCUT2D eigenvalue weighted by Gasteiger charge is 2.43. The van der Waals surface area contributed by atoms with E-state index in [9.17, 15) is 20.4 Å². The number of aliphatic hydroxyl groups excluding tert-OH is 4. The number of hydrogen-bond acceptors (Lipinski definition) is 8. The Labute approximate surface area is 211 Å². The maximum absolute atomic E-state index is 10.1. The molecule has 0 aliphatic carbocycles. The first-order valence-electron chi connectivity index (χ1n) is 13.6. The van der Waals surface area contributed by atoms with Gasteiger partial charge in [-0.2, -0.15) is 0 Å². The Bertz CT molecular complexity index is 455. The van der Waals surface area contributed by atoms with Crippen molar-refractivity contribution in [1.82, 2.24) is 0 Å². The molecule has 1 fully saturated rings. The van der Waals surface area contributed by atoms with Crippen molar-refractivity contribution in [1.29, 1.82) is 0 Å². The van der Waals surface area contributed by atoms with E-state index in [0.29, 0.717) is 19.0 Å². The van der Waals surface area contributed by atoms with Crippen LogP contribution in [0.15, 0.2) is 0 Å². The molecule has 0 aromatic carbocycles. The summed E-state index contributed by atoms with van der Waals surface area (Å²) in [6, 6.07) is 0. The number of rotatable bonds is 22. The van der Waals surface area contributed by atoms with Gasteiger partial charge in [0, 0.05) is 19.5 Å². The van der Waals surface area contributed by atoms with Gasteiger partial charge in [-0.15, -0.1) is 11.8 Å². The molecule has 0 radical (unpaired) electrons. The maximum Gasteiger partial charge on any atom is 0.132 e. The highest BCUT2D eigenvalue weighted by molar-refractivity contribution is 7.99. The van der Waals surface area contributed by atoms with Crippen molar-refractivity contribution in [2.24, 2.45) is 0 Å². The Hall–Kier alpha value is 0.0700. The smallest absolute Gasteiger partial charge is 0.132 e. The van der Waals surface area contributed by atoms with E-state index in [1.807, 2.05) is 0 Å². The largest absolute Gasteiger partial charge is 0.394 e. The van der Waals surface area contributed by atoms with Crippen molar-refractivity contribution in [2.45, 2.75) is 133 Å². The normalized spacial score (nSPS) is 26.1. The van der Waals surface area contributed by atoms with Gasteiger partial charge < -0.3 is 34.6 Å². The van der Waals surface area contributed by atoms with E-state index >= 15 is 0 Å². The van der Waals surface area contributed by atoms with Gasteiger partial charge in [0.1, 0.15) is 29.9 Å². The zero-order valence-corrected chi connectivity index (χ0v) is 22.4. The average Bonchev–Trinajstić information content (AvgIpc) is 2.85. The van der Waals surface area contributed by atoms with E-state index in [1.54, 1.807) is 7.11 Å². The molecule has 0 aromatic heterocycles. The van der Waals surface area contributed by atoms with Crippen LogP contribution in [0.3, 0.4) is 0 Å². The molecule has 8 heteroatoms. The van der Waals surface area contributed by atoms with Crippen molar-refractivity contribution >= 4 is 11.8 Å². The van der Waals surface area contributed by atoms with Crippen LogP contribution in [0.1, 0.15) is 96.8 Å². The van der Waals surface area contributed by atoms with Crippen molar-refractivity contribution < 1.29 is 34.6 Å². The molecule has 0 bridgehead atoms. The number of hydrogen-bond donors (Lipinski definition) is 4. The highest BCUT2D eigenvalue weighted by Crippen LogP contribution is 2.29. The summed E-state index contributed by atoms with van der Waals surface area (Å²) in [6.07, 6.45) is 13.7. The Kier molecular flexibility index (Phi) is 20.0. The monoisotopic (exact) mass is 508 g/mol. The minimum absolute atomic E-state index is 0.163. The standard InChI is InChI=1S/C26H52O7S/c1-3-4-5-6-7-8-9-10-11-12-13-14-15-16-17-32-19-21(31-2)20-34-26-25(30)24(29)23(28)22(18-27)33-26/h21-30H,3-20H2,1-2H3/t21-,22-,23-,24+,25-,26-/m1/s1. The summed E-state index contributed by atoms with van der Waals surface area (Å²) < 4.78 is 16.7. The van der Waals surface area contributed by atoms with Crippen LogP contribution < -0.4 is 0 Å². The fourth-order valence-electron chi connectivity index (χ4n) is 4.20. The van der Waals surface area contributed by atoms with Gasteiger partial charge in [-0.25, -0.2) is 0 Å². The minimum atomic E-state index is -1.35. The summed E-state index contributed by atoms with van der Waals surface area (Å²) in [5.41, 5.74) is -0.737. The molecule has 6 atom stereocenters. The lowest BCUT2D eigenvalue weighted by Crippen LogP contribution is -2.57. The summed E-state index contributed by atoms with van der Waals surface area (Å²) >= 11 is 1.29. The second-order valence-electron chi connectivity index (χ2n) is 9.56. The maximum atomic E-state index is 10.1. The molecule has 1 aliphatic heterocycles. The number of thioether (sulfide) groups is 1. The molecule has 0 saturated carbocycles. The van der Waals surface area contributed by atoms with Gasteiger partial charge in [0.15, 0.2) is 0 Å². The first kappa shape index (κ1) is 32.1. The van der Waals surface area contributed by atoms with Crippen LogP contribution in [-0.2, 0) is 14.2 Å².